The number of aromatic nitrogens is 4. The summed E-state index contributed by atoms with van der Waals surface area (Å²) in [5.41, 5.74) is 2.76. The van der Waals surface area contributed by atoms with Crippen LogP contribution in [0.2, 0.25) is 0 Å². The maximum Gasteiger partial charge on any atom is 0.246 e. The van der Waals surface area contributed by atoms with Gasteiger partial charge in [0.15, 0.2) is 0 Å². The molecular weight excluding hydrogens is 442 g/mol. The van der Waals surface area contributed by atoms with Crippen molar-refractivity contribution < 1.29 is 13.2 Å². The molecule has 10 nitrogen and oxygen atoms in total. The fourth-order valence-electron chi connectivity index (χ4n) is 4.85. The topological polar surface area (TPSA) is 96.6 Å². The van der Waals surface area contributed by atoms with E-state index in [1.165, 1.54) is 9.87 Å². The number of amides is 1. The molecule has 0 aliphatic carbocycles. The minimum absolute atomic E-state index is 0.0769. The molecular formula is C22H35N7O3S. The Morgan fingerprint density at radius 1 is 1.06 bits per heavy atom. The van der Waals surface area contributed by atoms with Gasteiger partial charge in [0.25, 0.3) is 0 Å². The molecule has 0 aromatic carbocycles. The third-order valence-electron chi connectivity index (χ3n) is 6.77. The van der Waals surface area contributed by atoms with Crippen LogP contribution in [0.3, 0.4) is 0 Å². The molecule has 0 saturated carbocycles. The van der Waals surface area contributed by atoms with Crippen LogP contribution in [0, 0.1) is 19.8 Å². The van der Waals surface area contributed by atoms with E-state index in [1.54, 1.807) is 17.8 Å². The van der Waals surface area contributed by atoms with Crippen molar-refractivity contribution in [3.63, 3.8) is 0 Å². The van der Waals surface area contributed by atoms with Gasteiger partial charge >= 0.3 is 0 Å². The maximum absolute atomic E-state index is 13.3. The molecule has 2 saturated heterocycles. The third kappa shape index (κ3) is 4.99. The highest BCUT2D eigenvalue weighted by Crippen LogP contribution is 2.27. The quantitative estimate of drug-likeness (QED) is 0.616. The number of rotatable bonds is 6. The first-order valence-corrected chi connectivity index (χ1v) is 13.2. The van der Waals surface area contributed by atoms with Gasteiger partial charge in [-0.3, -0.25) is 19.1 Å². The second-order valence-corrected chi connectivity index (χ2v) is 11.1. The zero-order valence-electron chi connectivity index (χ0n) is 20.1. The van der Waals surface area contributed by atoms with Crippen molar-refractivity contribution in [2.24, 2.45) is 13.0 Å². The second kappa shape index (κ2) is 9.55. The standard InChI is InChI=1S/C22H35N7O3S/c1-5-28-16-21(18(3)24-28)33(31,32)29-8-6-7-19(15-29)22(30)27-11-9-26(10-12-27)14-20-13-25(4)23-17(20)2/h13,16,19H,5-12,14-15H2,1-4H3/t19-/m0/s1. The SMILES string of the molecule is CCn1cc(S(=O)(=O)N2CCC[C@H](C(=O)N3CCN(Cc4cn(C)nc4C)CC3)C2)c(C)n1. The Morgan fingerprint density at radius 2 is 1.79 bits per heavy atom. The van der Waals surface area contributed by atoms with Crippen LogP contribution in [-0.2, 0) is 35.0 Å². The lowest BCUT2D eigenvalue weighted by atomic mass is 9.97. The lowest BCUT2D eigenvalue weighted by molar-refractivity contribution is -0.138. The lowest BCUT2D eigenvalue weighted by Crippen LogP contribution is -2.52. The first kappa shape index (κ1) is 23.9. The summed E-state index contributed by atoms with van der Waals surface area (Å²) in [5.74, 6) is -0.213. The molecule has 11 heteroatoms. The first-order valence-electron chi connectivity index (χ1n) is 11.7. The number of piperazine rings is 1. The van der Waals surface area contributed by atoms with Crippen LogP contribution in [-0.4, -0.2) is 87.3 Å². The van der Waals surface area contributed by atoms with Gasteiger partial charge in [-0.25, -0.2) is 8.42 Å². The molecule has 2 fully saturated rings. The maximum atomic E-state index is 13.3. The van der Waals surface area contributed by atoms with Crippen molar-refractivity contribution in [3.05, 3.63) is 29.3 Å². The Balaban J connectivity index is 1.36. The Labute approximate surface area is 196 Å². The molecule has 4 heterocycles. The predicted octanol–water partition coefficient (Wildman–Crippen LogP) is 0.998. The van der Waals surface area contributed by atoms with Crippen LogP contribution in [0.15, 0.2) is 17.3 Å². The van der Waals surface area contributed by atoms with Gasteiger partial charge in [-0.2, -0.15) is 14.5 Å². The van der Waals surface area contributed by atoms with E-state index in [9.17, 15) is 13.2 Å². The second-order valence-electron chi connectivity index (χ2n) is 9.15. The minimum Gasteiger partial charge on any atom is -0.340 e. The van der Waals surface area contributed by atoms with E-state index in [0.717, 1.165) is 31.7 Å². The van der Waals surface area contributed by atoms with Gasteiger partial charge in [-0.1, -0.05) is 0 Å². The molecule has 4 rings (SSSR count). The summed E-state index contributed by atoms with van der Waals surface area (Å²) in [6.45, 7) is 10.8. The van der Waals surface area contributed by atoms with E-state index in [4.69, 9.17) is 0 Å². The van der Waals surface area contributed by atoms with Gasteiger partial charge in [-0.15, -0.1) is 0 Å². The molecule has 1 amide bonds. The smallest absolute Gasteiger partial charge is 0.246 e. The number of nitrogens with zero attached hydrogens (tertiary/aromatic N) is 7. The highest BCUT2D eigenvalue weighted by Gasteiger charge is 2.37. The number of hydrogen-bond donors (Lipinski definition) is 0. The van der Waals surface area contributed by atoms with Gasteiger partial charge in [0.2, 0.25) is 15.9 Å². The summed E-state index contributed by atoms with van der Waals surface area (Å²) < 4.78 is 31.5. The average Bonchev–Trinajstić information content (AvgIpc) is 3.34. The molecule has 182 valence electrons. The Bertz CT molecular complexity index is 1100. The van der Waals surface area contributed by atoms with Gasteiger partial charge in [0.05, 0.1) is 17.3 Å². The minimum atomic E-state index is -3.66. The van der Waals surface area contributed by atoms with E-state index in [0.29, 0.717) is 38.3 Å². The fourth-order valence-corrected chi connectivity index (χ4v) is 6.54. The van der Waals surface area contributed by atoms with Crippen LogP contribution >= 0.6 is 0 Å². The van der Waals surface area contributed by atoms with Crippen LogP contribution in [0.4, 0.5) is 0 Å². The number of aryl methyl sites for hydroxylation is 4. The number of piperidine rings is 1. The zero-order valence-corrected chi connectivity index (χ0v) is 20.9. The molecule has 0 N–H and O–H groups in total. The molecule has 33 heavy (non-hydrogen) atoms. The van der Waals surface area contributed by atoms with E-state index in [1.807, 2.05) is 30.5 Å². The van der Waals surface area contributed by atoms with Crippen LogP contribution in [0.5, 0.6) is 0 Å². The van der Waals surface area contributed by atoms with Crippen molar-refractivity contribution in [2.75, 3.05) is 39.3 Å². The molecule has 2 aliphatic rings. The molecule has 0 spiro atoms. The fraction of sp³-hybridized carbons (Fsp3) is 0.682. The van der Waals surface area contributed by atoms with Crippen molar-refractivity contribution in [1.82, 2.24) is 33.7 Å². The van der Waals surface area contributed by atoms with E-state index in [2.05, 4.69) is 21.3 Å². The summed E-state index contributed by atoms with van der Waals surface area (Å²) >= 11 is 0. The van der Waals surface area contributed by atoms with Crippen molar-refractivity contribution in [1.29, 1.82) is 0 Å². The Hall–Kier alpha value is -2.24. The van der Waals surface area contributed by atoms with Crippen LogP contribution in [0.25, 0.3) is 0 Å². The van der Waals surface area contributed by atoms with E-state index in [-0.39, 0.29) is 23.3 Å². The first-order chi connectivity index (χ1) is 15.7. The van der Waals surface area contributed by atoms with Gasteiger partial charge in [-0.05, 0) is 33.6 Å². The van der Waals surface area contributed by atoms with Crippen molar-refractivity contribution in [2.45, 2.75) is 51.6 Å². The molecule has 2 aromatic heterocycles. The summed E-state index contributed by atoms with van der Waals surface area (Å²) in [5, 5.41) is 8.70. The van der Waals surface area contributed by atoms with Gasteiger partial charge < -0.3 is 4.90 Å². The number of hydrogen-bond acceptors (Lipinski definition) is 6. The highest BCUT2D eigenvalue weighted by atomic mass is 32.2. The highest BCUT2D eigenvalue weighted by molar-refractivity contribution is 7.89. The largest absolute Gasteiger partial charge is 0.340 e. The lowest BCUT2D eigenvalue weighted by Gasteiger charge is -2.38. The third-order valence-corrected chi connectivity index (χ3v) is 8.74. The van der Waals surface area contributed by atoms with Gasteiger partial charge in [0, 0.05) is 77.4 Å². The number of carbonyl (C=O) groups excluding carboxylic acids is 1. The summed E-state index contributed by atoms with van der Waals surface area (Å²) in [6, 6.07) is 0. The van der Waals surface area contributed by atoms with E-state index < -0.39 is 10.0 Å². The number of sulfonamides is 1. The van der Waals surface area contributed by atoms with Crippen molar-refractivity contribution in [3.8, 4) is 0 Å². The molecule has 0 radical (unpaired) electrons. The average molecular weight is 478 g/mol. The molecule has 2 aliphatic heterocycles. The molecule has 0 bridgehead atoms. The Morgan fingerprint density at radius 3 is 2.39 bits per heavy atom. The van der Waals surface area contributed by atoms with Crippen LogP contribution in [0.1, 0.15) is 36.7 Å². The summed E-state index contributed by atoms with van der Waals surface area (Å²) in [4.78, 5) is 17.8. The van der Waals surface area contributed by atoms with E-state index >= 15 is 0 Å². The summed E-state index contributed by atoms with van der Waals surface area (Å²) in [6.07, 6.45) is 5.07. The molecule has 2 aromatic rings. The van der Waals surface area contributed by atoms with Gasteiger partial charge in [0.1, 0.15) is 4.90 Å². The zero-order chi connectivity index (χ0) is 23.8. The monoisotopic (exact) mass is 477 g/mol. The predicted molar refractivity (Wildman–Crippen MR) is 124 cm³/mol. The Kier molecular flexibility index (Phi) is 6.92. The molecule has 0 unspecified atom stereocenters. The summed E-state index contributed by atoms with van der Waals surface area (Å²) in [7, 11) is -1.73. The normalized spacial score (nSPS) is 21.0. The number of carbonyl (C=O) groups is 1. The van der Waals surface area contributed by atoms with Crippen LogP contribution < -0.4 is 0 Å². The van der Waals surface area contributed by atoms with Crippen molar-refractivity contribution >= 4 is 15.9 Å². The molecule has 1 atom stereocenters.